The fourth-order valence-electron chi connectivity index (χ4n) is 2.85. The molecule has 0 radical (unpaired) electrons. The third kappa shape index (κ3) is 3.12. The van der Waals surface area contributed by atoms with Crippen LogP contribution in [0.5, 0.6) is 5.75 Å². The van der Waals surface area contributed by atoms with Crippen molar-refractivity contribution in [2.45, 2.75) is 25.7 Å². The number of nitriles is 1. The molecule has 0 fully saturated rings. The largest absolute Gasteiger partial charge is 0.502 e. The van der Waals surface area contributed by atoms with Gasteiger partial charge in [-0.15, -0.1) is 11.3 Å². The standard InChI is InChI=1S/C16H12N4O5S/c17-7-12-11-3-1-2-4-14(11)26-16(12)18-8-9-5-10(19(22)23)6-13(15(9)21)20(24)25/h5-6,8,21H,1-4H2/b18-8+. The normalized spacial score (nSPS) is 13.3. The second kappa shape index (κ2) is 6.89. The van der Waals surface area contributed by atoms with Gasteiger partial charge in [0.05, 0.1) is 21.5 Å². The van der Waals surface area contributed by atoms with E-state index in [9.17, 15) is 30.6 Å². The van der Waals surface area contributed by atoms with Crippen LogP contribution in [-0.4, -0.2) is 21.2 Å². The summed E-state index contributed by atoms with van der Waals surface area (Å²) in [5, 5.41) is 41.8. The van der Waals surface area contributed by atoms with Gasteiger partial charge in [0.1, 0.15) is 11.1 Å². The summed E-state index contributed by atoms with van der Waals surface area (Å²) in [5.41, 5.74) is -0.0137. The van der Waals surface area contributed by atoms with Gasteiger partial charge in [0.2, 0.25) is 5.75 Å². The molecule has 26 heavy (non-hydrogen) atoms. The number of phenolic OH excluding ortho intramolecular Hbond substituents is 1. The van der Waals surface area contributed by atoms with Gasteiger partial charge < -0.3 is 5.11 Å². The van der Waals surface area contributed by atoms with Crippen molar-refractivity contribution < 1.29 is 15.0 Å². The number of benzene rings is 1. The van der Waals surface area contributed by atoms with E-state index in [1.807, 2.05) is 0 Å². The van der Waals surface area contributed by atoms with Crippen molar-refractivity contribution in [3.8, 4) is 11.8 Å². The summed E-state index contributed by atoms with van der Waals surface area (Å²) in [7, 11) is 0. The maximum atomic E-state index is 11.0. The van der Waals surface area contributed by atoms with E-state index < -0.39 is 27.0 Å². The Morgan fingerprint density at radius 1 is 1.23 bits per heavy atom. The van der Waals surface area contributed by atoms with Crippen LogP contribution in [0.15, 0.2) is 17.1 Å². The zero-order valence-corrected chi connectivity index (χ0v) is 14.2. The van der Waals surface area contributed by atoms with Crippen LogP contribution in [0.25, 0.3) is 0 Å². The van der Waals surface area contributed by atoms with E-state index in [2.05, 4.69) is 11.1 Å². The number of rotatable bonds is 4. The molecular formula is C16H12N4O5S. The van der Waals surface area contributed by atoms with E-state index in [1.54, 1.807) is 0 Å². The molecule has 1 heterocycles. The average molecular weight is 372 g/mol. The number of hydrogen-bond donors (Lipinski definition) is 1. The second-order valence-electron chi connectivity index (χ2n) is 5.68. The van der Waals surface area contributed by atoms with E-state index >= 15 is 0 Å². The summed E-state index contributed by atoms with van der Waals surface area (Å²) in [6.45, 7) is 0. The summed E-state index contributed by atoms with van der Waals surface area (Å²) in [6.07, 6.45) is 4.84. The Kier molecular flexibility index (Phi) is 4.64. The van der Waals surface area contributed by atoms with Gasteiger partial charge in [0, 0.05) is 22.7 Å². The lowest BCUT2D eigenvalue weighted by atomic mass is 9.96. The first-order chi connectivity index (χ1) is 12.4. The number of nitrogens with zero attached hydrogens (tertiary/aromatic N) is 4. The lowest BCUT2D eigenvalue weighted by Gasteiger charge is -2.09. The van der Waals surface area contributed by atoms with Crippen LogP contribution in [0.1, 0.15) is 34.4 Å². The topological polar surface area (TPSA) is 143 Å². The zero-order valence-electron chi connectivity index (χ0n) is 13.3. The van der Waals surface area contributed by atoms with E-state index in [0.717, 1.165) is 48.4 Å². The summed E-state index contributed by atoms with van der Waals surface area (Å²) >= 11 is 1.36. The smallest absolute Gasteiger partial charge is 0.318 e. The molecule has 132 valence electrons. The van der Waals surface area contributed by atoms with Crippen LogP contribution in [0.3, 0.4) is 0 Å². The van der Waals surface area contributed by atoms with Crippen molar-refractivity contribution in [1.29, 1.82) is 5.26 Å². The summed E-state index contributed by atoms with van der Waals surface area (Å²) in [4.78, 5) is 25.5. The molecule has 0 unspecified atom stereocenters. The number of aliphatic imine (C=N–C) groups is 1. The third-order valence-electron chi connectivity index (χ3n) is 4.10. The molecule has 0 atom stereocenters. The molecule has 1 aromatic heterocycles. The Hall–Kier alpha value is -3.32. The number of aromatic hydroxyl groups is 1. The number of thiophene rings is 1. The first-order valence-corrected chi connectivity index (χ1v) is 8.48. The summed E-state index contributed by atoms with van der Waals surface area (Å²) in [6, 6.07) is 3.83. The first kappa shape index (κ1) is 17.5. The lowest BCUT2D eigenvalue weighted by Crippen LogP contribution is -1.99. The van der Waals surface area contributed by atoms with Crippen molar-refractivity contribution in [3.05, 3.63) is 53.9 Å². The Morgan fingerprint density at radius 3 is 2.62 bits per heavy atom. The fourth-order valence-corrected chi connectivity index (χ4v) is 4.04. The molecule has 0 amide bonds. The highest BCUT2D eigenvalue weighted by Crippen LogP contribution is 2.40. The van der Waals surface area contributed by atoms with Gasteiger partial charge >= 0.3 is 5.69 Å². The lowest BCUT2D eigenvalue weighted by molar-refractivity contribution is -0.394. The first-order valence-electron chi connectivity index (χ1n) is 7.67. The van der Waals surface area contributed by atoms with Crippen molar-refractivity contribution in [2.75, 3.05) is 0 Å². The zero-order chi connectivity index (χ0) is 18.8. The maximum Gasteiger partial charge on any atom is 0.318 e. The van der Waals surface area contributed by atoms with Gasteiger partial charge in [-0.2, -0.15) is 5.26 Å². The molecule has 3 rings (SSSR count). The van der Waals surface area contributed by atoms with E-state index in [4.69, 9.17) is 0 Å². The van der Waals surface area contributed by atoms with Gasteiger partial charge in [0.15, 0.2) is 0 Å². The van der Waals surface area contributed by atoms with Crippen LogP contribution >= 0.6 is 11.3 Å². The van der Waals surface area contributed by atoms with Crippen LogP contribution in [-0.2, 0) is 12.8 Å². The second-order valence-corrected chi connectivity index (χ2v) is 6.76. The predicted octanol–water partition coefficient (Wildman–Crippen LogP) is 3.77. The van der Waals surface area contributed by atoms with Gasteiger partial charge in [-0.05, 0) is 31.2 Å². The van der Waals surface area contributed by atoms with Gasteiger partial charge in [-0.25, -0.2) is 4.99 Å². The molecule has 9 nitrogen and oxygen atoms in total. The Labute approximate surface area is 151 Å². The minimum Gasteiger partial charge on any atom is -0.502 e. The average Bonchev–Trinajstić information content (AvgIpc) is 2.97. The number of non-ortho nitro benzene ring substituents is 1. The van der Waals surface area contributed by atoms with Gasteiger partial charge in [0.25, 0.3) is 5.69 Å². The molecule has 1 N–H and O–H groups in total. The van der Waals surface area contributed by atoms with E-state index in [1.165, 1.54) is 11.3 Å². The Bertz CT molecular complexity index is 990. The Balaban J connectivity index is 2.07. The Morgan fingerprint density at radius 2 is 1.96 bits per heavy atom. The molecule has 1 aliphatic rings. The van der Waals surface area contributed by atoms with Crippen LogP contribution in [0.4, 0.5) is 16.4 Å². The number of nitro groups is 2. The minimum absolute atomic E-state index is 0.152. The van der Waals surface area contributed by atoms with Crippen molar-refractivity contribution >= 4 is 33.9 Å². The SMILES string of the molecule is N#Cc1c(/N=C/c2cc([N+](=O)[O-])cc([N+](=O)[O-])c2O)sc2c1CCCC2. The minimum atomic E-state index is -0.899. The molecule has 0 aliphatic heterocycles. The quantitative estimate of drug-likeness (QED) is 0.491. The summed E-state index contributed by atoms with van der Waals surface area (Å²) in [5.74, 6) is -0.704. The molecule has 1 aliphatic carbocycles. The number of aryl methyl sites for hydroxylation is 1. The van der Waals surface area contributed by atoms with Gasteiger partial charge in [-0.3, -0.25) is 20.2 Å². The van der Waals surface area contributed by atoms with Crippen LogP contribution in [0, 0.1) is 31.6 Å². The highest BCUT2D eigenvalue weighted by molar-refractivity contribution is 7.16. The number of nitro benzene ring substituents is 2. The maximum absolute atomic E-state index is 11.0. The molecule has 10 heteroatoms. The number of phenols is 1. The predicted molar refractivity (Wildman–Crippen MR) is 94.3 cm³/mol. The van der Waals surface area contributed by atoms with Gasteiger partial charge in [-0.1, -0.05) is 0 Å². The van der Waals surface area contributed by atoms with Crippen LogP contribution < -0.4 is 0 Å². The number of fused-ring (bicyclic) bond motifs is 1. The highest BCUT2D eigenvalue weighted by atomic mass is 32.1. The molecular weight excluding hydrogens is 360 g/mol. The highest BCUT2D eigenvalue weighted by Gasteiger charge is 2.24. The van der Waals surface area contributed by atoms with E-state index in [-0.39, 0.29) is 5.56 Å². The molecule has 0 bridgehead atoms. The van der Waals surface area contributed by atoms with Crippen molar-refractivity contribution in [3.63, 3.8) is 0 Å². The number of hydrogen-bond acceptors (Lipinski definition) is 8. The van der Waals surface area contributed by atoms with Crippen molar-refractivity contribution in [2.24, 2.45) is 4.99 Å². The molecule has 2 aromatic rings. The monoisotopic (exact) mass is 372 g/mol. The third-order valence-corrected chi connectivity index (χ3v) is 5.30. The molecule has 0 saturated heterocycles. The molecule has 1 aromatic carbocycles. The van der Waals surface area contributed by atoms with E-state index in [0.29, 0.717) is 16.6 Å². The fraction of sp³-hybridized carbons (Fsp3) is 0.250. The molecule has 0 spiro atoms. The van der Waals surface area contributed by atoms with Crippen molar-refractivity contribution in [1.82, 2.24) is 0 Å². The summed E-state index contributed by atoms with van der Waals surface area (Å²) < 4.78 is 0. The molecule has 0 saturated carbocycles. The van der Waals surface area contributed by atoms with Crippen LogP contribution in [0.2, 0.25) is 0 Å².